The van der Waals surface area contributed by atoms with Gasteiger partial charge in [-0.1, -0.05) is 37.1 Å². The summed E-state index contributed by atoms with van der Waals surface area (Å²) >= 11 is 0. The van der Waals surface area contributed by atoms with E-state index in [4.69, 9.17) is 0 Å². The Bertz CT molecular complexity index is 1070. The number of carbonyl (C=O) groups is 1. The average molecular weight is 434 g/mol. The van der Waals surface area contributed by atoms with Crippen LogP contribution in [0.1, 0.15) is 47.2 Å². The van der Waals surface area contributed by atoms with Crippen LogP contribution in [0, 0.1) is 10.1 Å². The molecule has 0 unspecified atom stereocenters. The molecule has 2 heterocycles. The van der Waals surface area contributed by atoms with Gasteiger partial charge in [-0.25, -0.2) is 4.68 Å². The lowest BCUT2D eigenvalue weighted by Gasteiger charge is -2.20. The first kappa shape index (κ1) is 21.7. The SMILES string of the molecule is O=C(NCc1cccc(CN2CCCCCC2)c1)c1cnn(-c2ccc([N+](=O)[O-])cc2)c1. The zero-order valence-corrected chi connectivity index (χ0v) is 17.9. The lowest BCUT2D eigenvalue weighted by Crippen LogP contribution is -2.24. The summed E-state index contributed by atoms with van der Waals surface area (Å²) in [5.74, 6) is -0.212. The normalized spacial score (nSPS) is 14.6. The van der Waals surface area contributed by atoms with Gasteiger partial charge in [0.1, 0.15) is 0 Å². The van der Waals surface area contributed by atoms with Crippen LogP contribution in [0.25, 0.3) is 5.69 Å². The maximum atomic E-state index is 12.6. The molecule has 1 aromatic heterocycles. The third kappa shape index (κ3) is 5.59. The van der Waals surface area contributed by atoms with Gasteiger partial charge >= 0.3 is 0 Å². The molecule has 1 aliphatic rings. The topological polar surface area (TPSA) is 93.3 Å². The maximum Gasteiger partial charge on any atom is 0.269 e. The van der Waals surface area contributed by atoms with Crippen molar-refractivity contribution in [3.8, 4) is 5.69 Å². The number of amides is 1. The molecule has 8 nitrogen and oxygen atoms in total. The number of hydrogen-bond donors (Lipinski definition) is 1. The van der Waals surface area contributed by atoms with Crippen molar-refractivity contribution in [1.82, 2.24) is 20.0 Å². The van der Waals surface area contributed by atoms with Crippen molar-refractivity contribution in [2.75, 3.05) is 13.1 Å². The third-order valence-corrected chi connectivity index (χ3v) is 5.72. The molecule has 1 saturated heterocycles. The van der Waals surface area contributed by atoms with E-state index in [2.05, 4.69) is 27.4 Å². The number of non-ortho nitro benzene ring substituents is 1. The summed E-state index contributed by atoms with van der Waals surface area (Å²) in [7, 11) is 0. The van der Waals surface area contributed by atoms with Crippen LogP contribution < -0.4 is 5.32 Å². The minimum atomic E-state index is -0.450. The predicted molar refractivity (Wildman–Crippen MR) is 122 cm³/mol. The second kappa shape index (κ2) is 10.2. The molecule has 0 atom stereocenters. The van der Waals surface area contributed by atoms with Crippen LogP contribution in [0.3, 0.4) is 0 Å². The highest BCUT2D eigenvalue weighted by molar-refractivity contribution is 5.93. The molecule has 1 fully saturated rings. The molecule has 0 radical (unpaired) electrons. The standard InChI is InChI=1S/C24H27N5O3/c30-24(21-16-26-28(18-21)22-8-10-23(11-9-22)29(31)32)25-15-19-6-5-7-20(14-19)17-27-12-3-1-2-4-13-27/h5-11,14,16,18H,1-4,12-13,15,17H2,(H,25,30). The van der Waals surface area contributed by atoms with Gasteiger partial charge in [0, 0.05) is 31.4 Å². The third-order valence-electron chi connectivity index (χ3n) is 5.72. The number of nitro groups is 1. The van der Waals surface area contributed by atoms with E-state index in [1.54, 1.807) is 18.3 Å². The van der Waals surface area contributed by atoms with Gasteiger partial charge in [-0.15, -0.1) is 0 Å². The van der Waals surface area contributed by atoms with Gasteiger partial charge in [-0.05, 0) is 49.2 Å². The molecule has 1 amide bonds. The Morgan fingerprint density at radius 2 is 1.75 bits per heavy atom. The summed E-state index contributed by atoms with van der Waals surface area (Å²) in [4.78, 5) is 25.4. The van der Waals surface area contributed by atoms with E-state index in [1.807, 2.05) is 12.1 Å². The largest absolute Gasteiger partial charge is 0.348 e. The fraction of sp³-hybridized carbons (Fsp3) is 0.333. The van der Waals surface area contributed by atoms with Crippen LogP contribution in [0.5, 0.6) is 0 Å². The van der Waals surface area contributed by atoms with Crippen LogP contribution in [-0.4, -0.2) is 38.6 Å². The minimum absolute atomic E-state index is 0.0111. The van der Waals surface area contributed by atoms with Gasteiger partial charge in [-0.2, -0.15) is 5.10 Å². The molecule has 1 N–H and O–H groups in total. The van der Waals surface area contributed by atoms with Gasteiger partial charge in [0.25, 0.3) is 11.6 Å². The molecule has 0 spiro atoms. The van der Waals surface area contributed by atoms with E-state index in [0.29, 0.717) is 17.8 Å². The molecule has 4 rings (SSSR count). The fourth-order valence-electron chi connectivity index (χ4n) is 3.98. The van der Waals surface area contributed by atoms with Crippen LogP contribution >= 0.6 is 0 Å². The minimum Gasteiger partial charge on any atom is -0.348 e. The predicted octanol–water partition coefficient (Wildman–Crippen LogP) is 4.09. The van der Waals surface area contributed by atoms with E-state index < -0.39 is 4.92 Å². The molecule has 166 valence electrons. The Kier molecular flexibility index (Phi) is 6.91. The second-order valence-corrected chi connectivity index (χ2v) is 8.14. The summed E-state index contributed by atoms with van der Waals surface area (Å²) in [6.07, 6.45) is 8.29. The highest BCUT2D eigenvalue weighted by Gasteiger charge is 2.12. The zero-order valence-electron chi connectivity index (χ0n) is 17.9. The van der Waals surface area contributed by atoms with E-state index in [0.717, 1.165) is 25.2 Å². The first-order valence-electron chi connectivity index (χ1n) is 11.0. The van der Waals surface area contributed by atoms with Gasteiger partial charge < -0.3 is 5.32 Å². The number of benzene rings is 2. The number of nitrogens with zero attached hydrogens (tertiary/aromatic N) is 4. The van der Waals surface area contributed by atoms with Crippen molar-refractivity contribution in [3.05, 3.63) is 87.7 Å². The Balaban J connectivity index is 1.34. The number of nitro benzene ring substituents is 1. The second-order valence-electron chi connectivity index (χ2n) is 8.14. The molecular weight excluding hydrogens is 406 g/mol. The van der Waals surface area contributed by atoms with E-state index in [1.165, 1.54) is 54.3 Å². The number of rotatable bonds is 7. The first-order valence-corrected chi connectivity index (χ1v) is 11.0. The molecular formula is C24H27N5O3. The summed E-state index contributed by atoms with van der Waals surface area (Å²) in [5.41, 5.74) is 3.43. The van der Waals surface area contributed by atoms with Gasteiger partial charge in [0.05, 0.1) is 22.4 Å². The van der Waals surface area contributed by atoms with Gasteiger partial charge in [-0.3, -0.25) is 19.8 Å². The lowest BCUT2D eigenvalue weighted by atomic mass is 10.1. The lowest BCUT2D eigenvalue weighted by molar-refractivity contribution is -0.384. The van der Waals surface area contributed by atoms with Crippen LogP contribution in [0.2, 0.25) is 0 Å². The molecule has 1 aliphatic heterocycles. The first-order chi connectivity index (χ1) is 15.6. The van der Waals surface area contributed by atoms with Crippen molar-refractivity contribution in [2.45, 2.75) is 38.8 Å². The highest BCUT2D eigenvalue weighted by atomic mass is 16.6. The smallest absolute Gasteiger partial charge is 0.269 e. The number of nitrogens with one attached hydrogen (secondary N) is 1. The van der Waals surface area contributed by atoms with Crippen molar-refractivity contribution in [2.24, 2.45) is 0 Å². The van der Waals surface area contributed by atoms with Crippen LogP contribution in [-0.2, 0) is 13.1 Å². The number of hydrogen-bond acceptors (Lipinski definition) is 5. The average Bonchev–Trinajstić information content (AvgIpc) is 3.17. The van der Waals surface area contributed by atoms with Crippen LogP contribution in [0.4, 0.5) is 5.69 Å². The Morgan fingerprint density at radius 3 is 2.47 bits per heavy atom. The Morgan fingerprint density at radius 1 is 1.03 bits per heavy atom. The Labute approximate surface area is 187 Å². The fourth-order valence-corrected chi connectivity index (χ4v) is 3.98. The summed E-state index contributed by atoms with van der Waals surface area (Å²) in [5, 5.41) is 17.9. The number of aromatic nitrogens is 2. The Hall–Kier alpha value is -3.52. The van der Waals surface area contributed by atoms with Crippen LogP contribution in [0.15, 0.2) is 60.9 Å². The van der Waals surface area contributed by atoms with Gasteiger partial charge in [0.2, 0.25) is 0 Å². The summed E-state index contributed by atoms with van der Waals surface area (Å²) in [6.45, 7) is 3.69. The van der Waals surface area contributed by atoms with E-state index in [9.17, 15) is 14.9 Å². The van der Waals surface area contributed by atoms with E-state index in [-0.39, 0.29) is 11.6 Å². The summed E-state index contributed by atoms with van der Waals surface area (Å²) in [6, 6.07) is 14.4. The van der Waals surface area contributed by atoms with Gasteiger partial charge in [0.15, 0.2) is 0 Å². The quantitative estimate of drug-likeness (QED) is 0.448. The van der Waals surface area contributed by atoms with Crippen molar-refractivity contribution in [3.63, 3.8) is 0 Å². The molecule has 8 heteroatoms. The molecule has 0 bridgehead atoms. The molecule has 2 aromatic carbocycles. The van der Waals surface area contributed by atoms with Crippen molar-refractivity contribution >= 4 is 11.6 Å². The summed E-state index contributed by atoms with van der Waals surface area (Å²) < 4.78 is 1.53. The van der Waals surface area contributed by atoms with Crippen molar-refractivity contribution < 1.29 is 9.72 Å². The molecule has 32 heavy (non-hydrogen) atoms. The molecule has 0 saturated carbocycles. The molecule has 0 aliphatic carbocycles. The number of likely N-dealkylation sites (tertiary alicyclic amines) is 1. The monoisotopic (exact) mass is 433 g/mol. The van der Waals surface area contributed by atoms with E-state index >= 15 is 0 Å². The highest BCUT2D eigenvalue weighted by Crippen LogP contribution is 2.16. The zero-order chi connectivity index (χ0) is 22.3. The number of carbonyl (C=O) groups excluding carboxylic acids is 1. The maximum absolute atomic E-state index is 12.6. The van der Waals surface area contributed by atoms with Crippen molar-refractivity contribution in [1.29, 1.82) is 0 Å². The molecule has 3 aromatic rings.